The number of anilines is 2. The Bertz CT molecular complexity index is 1110. The van der Waals surface area contributed by atoms with E-state index >= 15 is 0 Å². The first-order chi connectivity index (χ1) is 14.6. The summed E-state index contributed by atoms with van der Waals surface area (Å²) < 4.78 is 44.4. The average Bonchev–Trinajstić information content (AvgIpc) is 2.73. The lowest BCUT2D eigenvalue weighted by molar-refractivity contribution is -0.137. The molecule has 0 radical (unpaired) electrons. The summed E-state index contributed by atoms with van der Waals surface area (Å²) in [6, 6.07) is 14.2. The van der Waals surface area contributed by atoms with Crippen molar-refractivity contribution in [1.29, 1.82) is 5.26 Å². The van der Waals surface area contributed by atoms with Crippen LogP contribution in [0.4, 0.5) is 24.8 Å². The highest BCUT2D eigenvalue weighted by molar-refractivity contribution is 5.61. The predicted molar refractivity (Wildman–Crippen MR) is 110 cm³/mol. The Morgan fingerprint density at radius 1 is 1.00 bits per heavy atom. The highest BCUT2D eigenvalue weighted by Crippen LogP contribution is 2.31. The Hall–Kier alpha value is -3.67. The third-order valence-electron chi connectivity index (χ3n) is 4.48. The van der Waals surface area contributed by atoms with Crippen molar-refractivity contribution < 1.29 is 17.9 Å². The summed E-state index contributed by atoms with van der Waals surface area (Å²) in [5.74, 6) is 0.337. The van der Waals surface area contributed by atoms with E-state index in [4.69, 9.17) is 4.74 Å². The molecule has 1 heterocycles. The van der Waals surface area contributed by atoms with Crippen molar-refractivity contribution in [2.24, 2.45) is 0 Å². The Morgan fingerprint density at radius 3 is 2.32 bits per heavy atom. The van der Waals surface area contributed by atoms with Crippen LogP contribution in [0.5, 0.6) is 6.01 Å². The molecule has 0 fully saturated rings. The molecule has 6 nitrogen and oxygen atoms in total. The number of hydrogen-bond donors (Lipinski definition) is 1. The summed E-state index contributed by atoms with van der Waals surface area (Å²) in [6.07, 6.45) is -4.46. The van der Waals surface area contributed by atoms with E-state index in [0.717, 1.165) is 17.7 Å². The molecule has 3 rings (SSSR count). The lowest BCUT2D eigenvalue weighted by Crippen LogP contribution is -2.13. The SMILES string of the molecule is CCOc1nc(Nc2cccc(C(F)(F)F)c2)nc(-c2ccc(C(C)(C)C#N)cc2)n1. The summed E-state index contributed by atoms with van der Waals surface area (Å²) in [4.78, 5) is 12.7. The summed E-state index contributed by atoms with van der Waals surface area (Å²) in [7, 11) is 0. The summed E-state index contributed by atoms with van der Waals surface area (Å²) in [5, 5.41) is 12.1. The van der Waals surface area contributed by atoms with Gasteiger partial charge in [-0.15, -0.1) is 0 Å². The normalized spacial score (nSPS) is 11.6. The molecule has 0 aliphatic heterocycles. The van der Waals surface area contributed by atoms with Gasteiger partial charge in [-0.2, -0.15) is 33.4 Å². The van der Waals surface area contributed by atoms with Crippen LogP contribution in [0.15, 0.2) is 48.5 Å². The fraction of sp³-hybridized carbons (Fsp3) is 0.273. The molecule has 0 bridgehead atoms. The monoisotopic (exact) mass is 427 g/mol. The maximum atomic E-state index is 13.0. The Balaban J connectivity index is 1.96. The number of alkyl halides is 3. The highest BCUT2D eigenvalue weighted by Gasteiger charge is 2.30. The minimum Gasteiger partial charge on any atom is -0.464 e. The van der Waals surface area contributed by atoms with Crippen LogP contribution in [0.2, 0.25) is 0 Å². The minimum absolute atomic E-state index is 0.0448. The molecule has 2 aromatic carbocycles. The zero-order chi connectivity index (χ0) is 22.6. The molecule has 1 aromatic heterocycles. The van der Waals surface area contributed by atoms with Gasteiger partial charge in [-0.3, -0.25) is 0 Å². The maximum absolute atomic E-state index is 13.0. The number of benzene rings is 2. The van der Waals surface area contributed by atoms with Crippen LogP contribution < -0.4 is 10.1 Å². The van der Waals surface area contributed by atoms with Gasteiger partial charge in [0.25, 0.3) is 0 Å². The molecule has 9 heteroatoms. The van der Waals surface area contributed by atoms with Crippen LogP contribution in [0.3, 0.4) is 0 Å². The van der Waals surface area contributed by atoms with Crippen LogP contribution in [0.25, 0.3) is 11.4 Å². The molecule has 0 saturated carbocycles. The van der Waals surface area contributed by atoms with Gasteiger partial charge in [-0.25, -0.2) is 0 Å². The Labute approximate surface area is 177 Å². The van der Waals surface area contributed by atoms with E-state index in [1.54, 1.807) is 19.1 Å². The summed E-state index contributed by atoms with van der Waals surface area (Å²) in [6.45, 7) is 5.70. The largest absolute Gasteiger partial charge is 0.464 e. The van der Waals surface area contributed by atoms with Gasteiger partial charge >= 0.3 is 12.2 Å². The molecule has 0 unspecified atom stereocenters. The van der Waals surface area contributed by atoms with Gasteiger partial charge in [0.1, 0.15) is 0 Å². The van der Waals surface area contributed by atoms with Crippen molar-refractivity contribution >= 4 is 11.6 Å². The minimum atomic E-state index is -4.46. The second-order valence-electron chi connectivity index (χ2n) is 7.22. The molecule has 0 amide bonds. The molecular formula is C22H20F3N5O. The van der Waals surface area contributed by atoms with E-state index in [0.29, 0.717) is 12.2 Å². The lowest BCUT2D eigenvalue weighted by Gasteiger charge is -2.16. The third kappa shape index (κ3) is 5.28. The number of nitrogens with one attached hydrogen (secondary N) is 1. The smallest absolute Gasteiger partial charge is 0.416 e. The van der Waals surface area contributed by atoms with Crippen LogP contribution in [-0.4, -0.2) is 21.6 Å². The van der Waals surface area contributed by atoms with Crippen molar-refractivity contribution in [3.63, 3.8) is 0 Å². The first-order valence-electron chi connectivity index (χ1n) is 9.47. The first-order valence-corrected chi connectivity index (χ1v) is 9.47. The Morgan fingerprint density at radius 2 is 1.71 bits per heavy atom. The molecule has 1 N–H and O–H groups in total. The van der Waals surface area contributed by atoms with E-state index in [2.05, 4.69) is 26.3 Å². The molecule has 0 saturated heterocycles. The van der Waals surface area contributed by atoms with E-state index < -0.39 is 17.2 Å². The van der Waals surface area contributed by atoms with Gasteiger partial charge in [0.05, 0.1) is 23.7 Å². The fourth-order valence-electron chi connectivity index (χ4n) is 2.74. The summed E-state index contributed by atoms with van der Waals surface area (Å²) >= 11 is 0. The number of nitrogens with zero attached hydrogens (tertiary/aromatic N) is 4. The molecule has 3 aromatic rings. The highest BCUT2D eigenvalue weighted by atomic mass is 19.4. The van der Waals surface area contributed by atoms with Gasteiger partial charge < -0.3 is 10.1 Å². The standard InChI is InChI=1S/C22H20F3N5O/c1-4-31-20-29-18(14-8-10-15(11-9-14)21(2,3)13-26)28-19(30-20)27-17-7-5-6-16(12-17)22(23,24)25/h5-12H,4H2,1-3H3,(H,27,28,29,30). The number of hydrogen-bond acceptors (Lipinski definition) is 6. The molecular weight excluding hydrogens is 407 g/mol. The topological polar surface area (TPSA) is 83.7 Å². The van der Waals surface area contributed by atoms with Crippen molar-refractivity contribution in [1.82, 2.24) is 15.0 Å². The maximum Gasteiger partial charge on any atom is 0.416 e. The third-order valence-corrected chi connectivity index (χ3v) is 4.48. The second kappa shape index (κ2) is 8.60. The van der Waals surface area contributed by atoms with E-state index in [1.807, 2.05) is 26.0 Å². The van der Waals surface area contributed by atoms with Crippen molar-refractivity contribution in [3.8, 4) is 23.5 Å². The second-order valence-corrected chi connectivity index (χ2v) is 7.22. The zero-order valence-electron chi connectivity index (χ0n) is 17.2. The first kappa shape index (κ1) is 22.0. The van der Waals surface area contributed by atoms with Crippen LogP contribution in [-0.2, 0) is 11.6 Å². The van der Waals surface area contributed by atoms with E-state index in [1.165, 1.54) is 12.1 Å². The number of nitriles is 1. The average molecular weight is 427 g/mol. The van der Waals surface area contributed by atoms with Gasteiger partial charge in [0.15, 0.2) is 5.82 Å². The summed E-state index contributed by atoms with van der Waals surface area (Å²) in [5.41, 5.74) is 0.228. The molecule has 0 aliphatic carbocycles. The molecule has 0 atom stereocenters. The number of aromatic nitrogens is 3. The Kier molecular flexibility index (Phi) is 6.11. The lowest BCUT2D eigenvalue weighted by atomic mass is 9.86. The molecule has 31 heavy (non-hydrogen) atoms. The van der Waals surface area contributed by atoms with Gasteiger partial charge in [0.2, 0.25) is 5.95 Å². The number of ether oxygens (including phenoxy) is 1. The molecule has 160 valence electrons. The van der Waals surface area contributed by atoms with Gasteiger partial charge in [-0.05, 0) is 44.5 Å². The fourth-order valence-corrected chi connectivity index (χ4v) is 2.74. The zero-order valence-corrected chi connectivity index (χ0v) is 17.2. The molecule has 0 aliphatic rings. The number of halogens is 3. The van der Waals surface area contributed by atoms with Crippen LogP contribution >= 0.6 is 0 Å². The van der Waals surface area contributed by atoms with Gasteiger partial charge in [0, 0.05) is 11.3 Å². The molecule has 0 spiro atoms. The van der Waals surface area contributed by atoms with Gasteiger partial charge in [-0.1, -0.05) is 30.3 Å². The van der Waals surface area contributed by atoms with Crippen LogP contribution in [0, 0.1) is 11.3 Å². The predicted octanol–water partition coefficient (Wildman–Crippen LogP) is 5.50. The van der Waals surface area contributed by atoms with Crippen molar-refractivity contribution in [2.75, 3.05) is 11.9 Å². The van der Waals surface area contributed by atoms with Crippen molar-refractivity contribution in [3.05, 3.63) is 59.7 Å². The van der Waals surface area contributed by atoms with Crippen LogP contribution in [0.1, 0.15) is 31.9 Å². The van der Waals surface area contributed by atoms with E-state index in [9.17, 15) is 18.4 Å². The van der Waals surface area contributed by atoms with E-state index in [-0.39, 0.29) is 23.5 Å². The van der Waals surface area contributed by atoms with Crippen molar-refractivity contribution in [2.45, 2.75) is 32.4 Å². The number of rotatable bonds is 6. The quantitative estimate of drug-likeness (QED) is 0.559.